The third kappa shape index (κ3) is 8.89. The summed E-state index contributed by atoms with van der Waals surface area (Å²) in [6.45, 7) is 1.59. The minimum absolute atomic E-state index is 0.431. The molecule has 0 aliphatic heterocycles. The van der Waals surface area contributed by atoms with Crippen LogP contribution >= 0.6 is 37.2 Å². The lowest BCUT2D eigenvalue weighted by Gasteiger charge is -1.99. The molecule has 0 fully saturated rings. The summed E-state index contributed by atoms with van der Waals surface area (Å²) in [6.07, 6.45) is 0. The van der Waals surface area contributed by atoms with Gasteiger partial charge in [0.25, 0.3) is 0 Å². The minimum atomic E-state index is -0.817. The van der Waals surface area contributed by atoms with Crippen molar-refractivity contribution in [2.45, 2.75) is 13.0 Å². The van der Waals surface area contributed by atoms with Crippen molar-refractivity contribution in [3.05, 3.63) is 0 Å². The van der Waals surface area contributed by atoms with Gasteiger partial charge in [0.05, 0.1) is 0 Å². The topological polar surface area (TPSA) is 49.3 Å². The van der Waals surface area contributed by atoms with Crippen molar-refractivity contribution in [1.82, 2.24) is 5.32 Å². The van der Waals surface area contributed by atoms with Gasteiger partial charge in [-0.3, -0.25) is 4.79 Å². The second-order valence-corrected chi connectivity index (χ2v) is 1.35. The first-order valence-electron chi connectivity index (χ1n) is 2.23. The van der Waals surface area contributed by atoms with Gasteiger partial charge in [-0.05, 0) is 14.0 Å². The van der Waals surface area contributed by atoms with E-state index in [1.165, 1.54) is 0 Å². The third-order valence-electron chi connectivity index (χ3n) is 0.803. The Morgan fingerprint density at radius 3 is 2.00 bits per heavy atom. The van der Waals surface area contributed by atoms with Gasteiger partial charge < -0.3 is 10.4 Å². The van der Waals surface area contributed by atoms with E-state index in [0.717, 1.165) is 0 Å². The van der Waals surface area contributed by atoms with Crippen LogP contribution < -0.4 is 5.32 Å². The van der Waals surface area contributed by atoms with E-state index in [1.807, 2.05) is 0 Å². The predicted octanol–water partition coefficient (Wildman–Crippen LogP) is 1.45. The second-order valence-electron chi connectivity index (χ2n) is 1.35. The number of halogens is 2. The number of carboxylic acid groups (broad SMARTS) is 1. The number of rotatable bonds is 2. The molecule has 3 nitrogen and oxygen atoms in total. The first kappa shape index (κ1) is 12.6. The van der Waals surface area contributed by atoms with Crippen LogP contribution in [-0.4, -0.2) is 24.2 Å². The third-order valence-corrected chi connectivity index (χ3v) is 0.803. The van der Waals surface area contributed by atoms with Crippen molar-refractivity contribution in [1.29, 1.82) is 0 Å². The highest BCUT2D eigenvalue weighted by Crippen LogP contribution is 1.89. The molecule has 0 aromatic heterocycles. The van der Waals surface area contributed by atoms with Crippen molar-refractivity contribution < 1.29 is 9.90 Å². The highest BCUT2D eigenvalue weighted by atomic mass is 128. The second kappa shape index (κ2) is 8.89. The molecule has 2 N–H and O–H groups in total. The zero-order chi connectivity index (χ0) is 7.86. The summed E-state index contributed by atoms with van der Waals surface area (Å²) in [5.41, 5.74) is 0. The van der Waals surface area contributed by atoms with Crippen LogP contribution in [0.25, 0.3) is 0 Å². The fourth-order valence-corrected chi connectivity index (χ4v) is 0.123. The van der Waals surface area contributed by atoms with Crippen LogP contribution in [0.2, 0.25) is 0 Å². The molecule has 0 radical (unpaired) electrons. The summed E-state index contributed by atoms with van der Waals surface area (Å²) in [7, 11) is 1.61. The Kier molecular flexibility index (Phi) is 12.4. The molecular weight excluding hydrogens is 348 g/mol. The maximum Gasteiger partial charge on any atom is 0.320 e. The molecule has 0 saturated heterocycles. The lowest BCUT2D eigenvalue weighted by atomic mass is 10.4. The van der Waals surface area contributed by atoms with Crippen LogP contribution in [0.5, 0.6) is 0 Å². The lowest BCUT2D eigenvalue weighted by Crippen LogP contribution is -2.29. The summed E-state index contributed by atoms with van der Waals surface area (Å²) in [5.74, 6) is -0.817. The Bertz CT molecular complexity index is 79.0. The van der Waals surface area contributed by atoms with Crippen molar-refractivity contribution in [3.8, 4) is 0 Å². The van der Waals surface area contributed by atoms with E-state index in [4.69, 9.17) is 5.11 Å². The van der Waals surface area contributed by atoms with Gasteiger partial charge in [0, 0.05) is 37.2 Å². The van der Waals surface area contributed by atoms with E-state index in [0.29, 0.717) is 0 Å². The summed E-state index contributed by atoms with van der Waals surface area (Å²) in [5, 5.41) is 10.7. The molecule has 0 aliphatic carbocycles. The molecule has 0 bridgehead atoms. The first-order chi connectivity index (χ1) is 4.18. The molecule has 0 rings (SSSR count). The summed E-state index contributed by atoms with van der Waals surface area (Å²) in [6, 6.07) is -0.431. The molecule has 0 amide bonds. The molecule has 56 valence electrons. The molecule has 0 aliphatic rings. The molecular formula is C4H9I2NO2. The predicted molar refractivity (Wildman–Crippen MR) is 54.2 cm³/mol. The SMILES string of the molecule is CNC(C)C(=O)O.II. The summed E-state index contributed by atoms with van der Waals surface area (Å²) < 4.78 is 0. The Labute approximate surface area is 77.9 Å². The number of likely N-dealkylation sites (N-methyl/N-ethyl adjacent to an activating group) is 1. The lowest BCUT2D eigenvalue weighted by molar-refractivity contribution is -0.138. The number of hydrogen-bond acceptors (Lipinski definition) is 2. The van der Waals surface area contributed by atoms with Gasteiger partial charge in [0.15, 0.2) is 0 Å². The zero-order valence-electron chi connectivity index (χ0n) is 5.19. The van der Waals surface area contributed by atoms with Crippen LogP contribution in [-0.2, 0) is 4.79 Å². The Morgan fingerprint density at radius 2 is 2.00 bits per heavy atom. The average Bonchev–Trinajstić information content (AvgIpc) is 1.91. The van der Waals surface area contributed by atoms with Gasteiger partial charge in [-0.1, -0.05) is 0 Å². The van der Waals surface area contributed by atoms with E-state index in [2.05, 4.69) is 42.5 Å². The van der Waals surface area contributed by atoms with Crippen molar-refractivity contribution in [3.63, 3.8) is 0 Å². The number of aliphatic carboxylic acids is 1. The molecule has 1 atom stereocenters. The van der Waals surface area contributed by atoms with Crippen LogP contribution in [0.15, 0.2) is 0 Å². The van der Waals surface area contributed by atoms with Crippen LogP contribution in [0.3, 0.4) is 0 Å². The minimum Gasteiger partial charge on any atom is -0.480 e. The van der Waals surface area contributed by atoms with Crippen LogP contribution in [0.4, 0.5) is 0 Å². The van der Waals surface area contributed by atoms with Crippen LogP contribution in [0, 0.1) is 0 Å². The molecule has 9 heavy (non-hydrogen) atoms. The first-order valence-corrected chi connectivity index (χ1v) is 8.51. The molecule has 0 saturated carbocycles. The quantitative estimate of drug-likeness (QED) is 0.736. The number of nitrogens with one attached hydrogen (secondary N) is 1. The zero-order valence-corrected chi connectivity index (χ0v) is 9.50. The van der Waals surface area contributed by atoms with Gasteiger partial charge >= 0.3 is 5.97 Å². The molecule has 0 heterocycles. The average molecular weight is 357 g/mol. The maximum atomic E-state index is 9.87. The van der Waals surface area contributed by atoms with Crippen molar-refractivity contribution in [2.75, 3.05) is 7.05 Å². The van der Waals surface area contributed by atoms with Gasteiger partial charge in [-0.25, -0.2) is 0 Å². The van der Waals surface area contributed by atoms with E-state index < -0.39 is 12.0 Å². The fourth-order valence-electron chi connectivity index (χ4n) is 0.123. The highest BCUT2D eigenvalue weighted by molar-refractivity contribution is 15.0. The number of carboxylic acids is 1. The largest absolute Gasteiger partial charge is 0.480 e. The van der Waals surface area contributed by atoms with E-state index in [1.54, 1.807) is 14.0 Å². The Morgan fingerprint density at radius 1 is 1.67 bits per heavy atom. The van der Waals surface area contributed by atoms with E-state index in [-0.39, 0.29) is 0 Å². The maximum absolute atomic E-state index is 9.87. The Balaban J connectivity index is 0. The highest BCUT2D eigenvalue weighted by Gasteiger charge is 2.04. The standard InChI is InChI=1S/C4H9NO2.I2/c1-3(5-2)4(6)7;1-2/h3,5H,1-2H3,(H,6,7);. The van der Waals surface area contributed by atoms with E-state index in [9.17, 15) is 4.79 Å². The molecule has 5 heteroatoms. The van der Waals surface area contributed by atoms with Crippen molar-refractivity contribution in [2.24, 2.45) is 0 Å². The molecule has 1 unspecified atom stereocenters. The van der Waals surface area contributed by atoms with Gasteiger partial charge in [0.1, 0.15) is 6.04 Å². The Hall–Kier alpha value is 0.890. The van der Waals surface area contributed by atoms with Gasteiger partial charge in [-0.15, -0.1) is 0 Å². The summed E-state index contributed by atoms with van der Waals surface area (Å²) >= 11 is 4.24. The molecule has 0 spiro atoms. The number of hydrogen-bond donors (Lipinski definition) is 2. The normalized spacial score (nSPS) is 11.1. The fraction of sp³-hybridized carbons (Fsp3) is 0.750. The van der Waals surface area contributed by atoms with Gasteiger partial charge in [-0.2, -0.15) is 0 Å². The molecule has 0 aromatic carbocycles. The monoisotopic (exact) mass is 357 g/mol. The van der Waals surface area contributed by atoms with Crippen molar-refractivity contribution >= 4 is 43.2 Å². The summed E-state index contributed by atoms with van der Waals surface area (Å²) in [4.78, 5) is 9.87. The number of carbonyl (C=O) groups is 1. The smallest absolute Gasteiger partial charge is 0.320 e. The van der Waals surface area contributed by atoms with Gasteiger partial charge in [0.2, 0.25) is 0 Å². The molecule has 0 aromatic rings. The van der Waals surface area contributed by atoms with Crippen LogP contribution in [0.1, 0.15) is 6.92 Å². The van der Waals surface area contributed by atoms with E-state index >= 15 is 0 Å².